The summed E-state index contributed by atoms with van der Waals surface area (Å²) in [6.45, 7) is 6.99. The maximum Gasteiger partial charge on any atom is 0.417 e. The van der Waals surface area contributed by atoms with Gasteiger partial charge in [-0.1, -0.05) is 12.1 Å². The van der Waals surface area contributed by atoms with Crippen LogP contribution in [0, 0.1) is 0 Å². The zero-order valence-corrected chi connectivity index (χ0v) is 20.2. The fourth-order valence-corrected chi connectivity index (χ4v) is 5.51. The molecule has 188 valence electrons. The molecular formula is C23H25F3N4O4S. The summed E-state index contributed by atoms with van der Waals surface area (Å²) in [4.78, 5) is 19.4. The maximum atomic E-state index is 13.5. The van der Waals surface area contributed by atoms with E-state index >= 15 is 0 Å². The first-order valence-electron chi connectivity index (χ1n) is 10.9. The van der Waals surface area contributed by atoms with E-state index in [1.165, 1.54) is 30.6 Å². The molecular weight excluding hydrogens is 485 g/mol. The smallest absolute Gasteiger partial charge is 0.417 e. The number of benzene rings is 1. The third-order valence-electron chi connectivity index (χ3n) is 5.52. The summed E-state index contributed by atoms with van der Waals surface area (Å²) in [5.41, 5.74) is -1.63. The van der Waals surface area contributed by atoms with Crippen molar-refractivity contribution in [2.45, 2.75) is 37.4 Å². The lowest BCUT2D eigenvalue weighted by Crippen LogP contribution is -2.50. The van der Waals surface area contributed by atoms with Gasteiger partial charge < -0.3 is 14.5 Å². The second-order valence-electron chi connectivity index (χ2n) is 9.13. The summed E-state index contributed by atoms with van der Waals surface area (Å²) in [6.07, 6.45) is -2.59. The number of amides is 1. The van der Waals surface area contributed by atoms with E-state index in [1.807, 2.05) is 4.90 Å². The quantitative estimate of drug-likeness (QED) is 0.521. The second kappa shape index (κ2) is 8.74. The molecule has 0 spiro atoms. The van der Waals surface area contributed by atoms with Crippen LogP contribution in [0.15, 0.2) is 53.7 Å². The highest BCUT2D eigenvalue weighted by Crippen LogP contribution is 2.36. The largest absolute Gasteiger partial charge is 0.444 e. The lowest BCUT2D eigenvalue weighted by atomic mass is 10.2. The van der Waals surface area contributed by atoms with Gasteiger partial charge in [0, 0.05) is 44.0 Å². The Labute approximate surface area is 201 Å². The van der Waals surface area contributed by atoms with Gasteiger partial charge in [-0.15, -0.1) is 0 Å². The van der Waals surface area contributed by atoms with Crippen LogP contribution < -0.4 is 4.90 Å². The van der Waals surface area contributed by atoms with Crippen molar-refractivity contribution in [3.8, 4) is 0 Å². The molecule has 0 atom stereocenters. The highest BCUT2D eigenvalue weighted by Gasteiger charge is 2.38. The number of pyridine rings is 1. The SMILES string of the molecule is CC(C)(C)OC(=O)N1CCN(c2nccc3c2ccn3S(=O)(=O)c2ccccc2C(F)(F)F)CC1. The van der Waals surface area contributed by atoms with Gasteiger partial charge in [0.25, 0.3) is 10.0 Å². The molecule has 1 fully saturated rings. The summed E-state index contributed by atoms with van der Waals surface area (Å²) in [5, 5.41) is 0.478. The van der Waals surface area contributed by atoms with Gasteiger partial charge >= 0.3 is 12.3 Å². The molecule has 12 heteroatoms. The number of rotatable bonds is 3. The van der Waals surface area contributed by atoms with Gasteiger partial charge in [0.1, 0.15) is 16.3 Å². The Morgan fingerprint density at radius 3 is 2.29 bits per heavy atom. The van der Waals surface area contributed by atoms with Crippen molar-refractivity contribution < 1.29 is 31.1 Å². The molecule has 2 aromatic heterocycles. The lowest BCUT2D eigenvalue weighted by molar-refractivity contribution is -0.139. The number of fused-ring (bicyclic) bond motifs is 1. The van der Waals surface area contributed by atoms with Gasteiger partial charge in [0.05, 0.1) is 11.1 Å². The summed E-state index contributed by atoms with van der Waals surface area (Å²) in [6, 6.07) is 7.06. The third-order valence-corrected chi connectivity index (χ3v) is 7.27. The van der Waals surface area contributed by atoms with Crippen LogP contribution >= 0.6 is 0 Å². The first kappa shape index (κ1) is 24.8. The van der Waals surface area contributed by atoms with Crippen LogP contribution in [0.4, 0.5) is 23.8 Å². The van der Waals surface area contributed by atoms with Crippen LogP contribution in [-0.4, -0.2) is 60.1 Å². The minimum Gasteiger partial charge on any atom is -0.444 e. The van der Waals surface area contributed by atoms with Gasteiger partial charge in [-0.2, -0.15) is 13.2 Å². The van der Waals surface area contributed by atoms with E-state index in [1.54, 1.807) is 25.7 Å². The monoisotopic (exact) mass is 510 g/mol. The van der Waals surface area contributed by atoms with Gasteiger partial charge in [-0.3, -0.25) is 0 Å². The van der Waals surface area contributed by atoms with Crippen molar-refractivity contribution in [1.29, 1.82) is 0 Å². The molecule has 1 saturated heterocycles. The van der Waals surface area contributed by atoms with E-state index in [4.69, 9.17) is 4.74 Å². The molecule has 0 radical (unpaired) electrons. The van der Waals surface area contributed by atoms with E-state index in [0.29, 0.717) is 37.4 Å². The normalized spacial score (nSPS) is 15.5. The van der Waals surface area contributed by atoms with Crippen molar-refractivity contribution in [3.05, 3.63) is 54.4 Å². The number of halogens is 3. The number of ether oxygens (including phenoxy) is 1. The Bertz CT molecular complexity index is 1360. The summed E-state index contributed by atoms with van der Waals surface area (Å²) >= 11 is 0. The molecule has 1 aliphatic heterocycles. The van der Waals surface area contributed by atoms with E-state index in [2.05, 4.69) is 4.98 Å². The number of hydrogen-bond acceptors (Lipinski definition) is 6. The number of carbonyl (C=O) groups is 1. The van der Waals surface area contributed by atoms with Crippen molar-refractivity contribution in [2.24, 2.45) is 0 Å². The Hall–Kier alpha value is -3.28. The number of aromatic nitrogens is 2. The van der Waals surface area contributed by atoms with Gasteiger partial charge in [0.15, 0.2) is 0 Å². The highest BCUT2D eigenvalue weighted by atomic mass is 32.2. The van der Waals surface area contributed by atoms with Crippen molar-refractivity contribution in [2.75, 3.05) is 31.1 Å². The molecule has 0 unspecified atom stereocenters. The number of alkyl halides is 3. The van der Waals surface area contributed by atoms with Crippen LogP contribution in [0.5, 0.6) is 0 Å². The van der Waals surface area contributed by atoms with Gasteiger partial charge in [-0.25, -0.2) is 22.2 Å². The summed E-state index contributed by atoms with van der Waals surface area (Å²) in [5.74, 6) is 0.490. The minimum atomic E-state index is -4.83. The van der Waals surface area contributed by atoms with Crippen molar-refractivity contribution >= 4 is 32.8 Å². The molecule has 3 heterocycles. The number of piperazine rings is 1. The molecule has 0 saturated carbocycles. The Morgan fingerprint density at radius 2 is 1.66 bits per heavy atom. The fourth-order valence-electron chi connectivity index (χ4n) is 3.95. The average Bonchev–Trinajstić information content (AvgIpc) is 3.23. The summed E-state index contributed by atoms with van der Waals surface area (Å²) in [7, 11) is -4.54. The molecule has 1 amide bonds. The van der Waals surface area contributed by atoms with E-state index in [9.17, 15) is 26.4 Å². The van der Waals surface area contributed by atoms with Crippen molar-refractivity contribution in [3.63, 3.8) is 0 Å². The Balaban J connectivity index is 1.64. The molecule has 0 N–H and O–H groups in total. The molecule has 8 nitrogen and oxygen atoms in total. The number of anilines is 1. The number of nitrogens with zero attached hydrogens (tertiary/aromatic N) is 4. The molecule has 1 aliphatic rings. The molecule has 35 heavy (non-hydrogen) atoms. The predicted molar refractivity (Wildman–Crippen MR) is 124 cm³/mol. The van der Waals surface area contributed by atoms with Crippen LogP contribution in [0.3, 0.4) is 0 Å². The number of carbonyl (C=O) groups excluding carboxylic acids is 1. The molecule has 1 aromatic carbocycles. The first-order valence-corrected chi connectivity index (χ1v) is 12.3. The zero-order chi connectivity index (χ0) is 25.6. The third kappa shape index (κ3) is 4.93. The second-order valence-corrected chi connectivity index (χ2v) is 10.9. The Kier molecular flexibility index (Phi) is 6.20. The van der Waals surface area contributed by atoms with E-state index in [0.717, 1.165) is 22.2 Å². The zero-order valence-electron chi connectivity index (χ0n) is 19.4. The maximum absolute atomic E-state index is 13.5. The minimum absolute atomic E-state index is 0.210. The molecule has 0 bridgehead atoms. The fraction of sp³-hybridized carbons (Fsp3) is 0.391. The van der Waals surface area contributed by atoms with Crippen LogP contribution in [0.1, 0.15) is 26.3 Å². The van der Waals surface area contributed by atoms with Crippen LogP contribution in [-0.2, 0) is 20.9 Å². The first-order chi connectivity index (χ1) is 16.3. The van der Waals surface area contributed by atoms with Crippen LogP contribution in [0.2, 0.25) is 0 Å². The van der Waals surface area contributed by atoms with E-state index in [-0.39, 0.29) is 5.52 Å². The predicted octanol–water partition coefficient (Wildman–Crippen LogP) is 4.35. The topological polar surface area (TPSA) is 84.7 Å². The van der Waals surface area contributed by atoms with Crippen molar-refractivity contribution in [1.82, 2.24) is 13.9 Å². The lowest BCUT2D eigenvalue weighted by Gasteiger charge is -2.36. The highest BCUT2D eigenvalue weighted by molar-refractivity contribution is 7.90. The van der Waals surface area contributed by atoms with E-state index < -0.39 is 38.4 Å². The summed E-state index contributed by atoms with van der Waals surface area (Å²) < 4.78 is 73.3. The van der Waals surface area contributed by atoms with Crippen LogP contribution in [0.25, 0.3) is 10.9 Å². The standard InChI is InChI=1S/C23H25F3N4O4S/c1-22(2,3)34-21(31)29-14-12-28(13-15-29)20-16-9-11-30(18(16)8-10-27-20)35(32,33)19-7-5-4-6-17(19)23(24,25)26/h4-11H,12-15H2,1-3H3. The number of hydrogen-bond donors (Lipinski definition) is 0. The van der Waals surface area contributed by atoms with Gasteiger partial charge in [0.2, 0.25) is 0 Å². The molecule has 3 aromatic rings. The average molecular weight is 511 g/mol. The Morgan fingerprint density at radius 1 is 1.00 bits per heavy atom. The van der Waals surface area contributed by atoms with Gasteiger partial charge in [-0.05, 0) is 45.0 Å². The molecule has 0 aliphatic carbocycles. The molecule has 4 rings (SSSR count).